The summed E-state index contributed by atoms with van der Waals surface area (Å²) in [6.45, 7) is 11.5. The molecule has 0 spiro atoms. The van der Waals surface area contributed by atoms with Gasteiger partial charge in [0.15, 0.2) is 0 Å². The van der Waals surface area contributed by atoms with Crippen molar-refractivity contribution >= 4 is 0 Å². The maximum absolute atomic E-state index is 5.56. The number of methoxy groups -OCH3 is 1. The van der Waals surface area contributed by atoms with Crippen molar-refractivity contribution in [2.45, 2.75) is 58.6 Å². The van der Waals surface area contributed by atoms with Gasteiger partial charge in [0.2, 0.25) is 0 Å². The molecule has 0 aromatic heterocycles. The number of rotatable bonds is 8. The van der Waals surface area contributed by atoms with Gasteiger partial charge in [-0.2, -0.15) is 0 Å². The number of piperidine rings is 1. The van der Waals surface area contributed by atoms with E-state index in [2.05, 4.69) is 31.0 Å². The van der Waals surface area contributed by atoms with E-state index < -0.39 is 0 Å². The monoisotopic (exact) mass is 256 g/mol. The lowest BCUT2D eigenvalue weighted by atomic mass is 9.95. The molecule has 0 radical (unpaired) electrons. The molecule has 108 valence electrons. The van der Waals surface area contributed by atoms with E-state index in [-0.39, 0.29) is 0 Å². The summed E-state index contributed by atoms with van der Waals surface area (Å²) in [5.74, 6) is 0.722. The topological polar surface area (TPSA) is 24.5 Å². The van der Waals surface area contributed by atoms with Crippen LogP contribution in [0.3, 0.4) is 0 Å². The second-order valence-electron chi connectivity index (χ2n) is 5.80. The van der Waals surface area contributed by atoms with E-state index >= 15 is 0 Å². The fourth-order valence-corrected chi connectivity index (χ4v) is 2.84. The van der Waals surface area contributed by atoms with Gasteiger partial charge in [-0.05, 0) is 51.7 Å². The first-order valence-corrected chi connectivity index (χ1v) is 7.65. The van der Waals surface area contributed by atoms with Crippen LogP contribution in [0, 0.1) is 5.92 Å². The zero-order valence-corrected chi connectivity index (χ0v) is 12.7. The molecule has 0 saturated carbocycles. The molecule has 1 aliphatic heterocycles. The van der Waals surface area contributed by atoms with Gasteiger partial charge in [-0.3, -0.25) is 0 Å². The number of ether oxygens (including phenoxy) is 1. The lowest BCUT2D eigenvalue weighted by Gasteiger charge is -2.36. The maximum atomic E-state index is 5.56. The number of hydrogen-bond acceptors (Lipinski definition) is 3. The fraction of sp³-hybridized carbons (Fsp3) is 1.00. The third-order valence-corrected chi connectivity index (χ3v) is 4.19. The van der Waals surface area contributed by atoms with Crippen molar-refractivity contribution in [1.82, 2.24) is 10.2 Å². The molecule has 1 N–H and O–H groups in total. The molecule has 0 aromatic carbocycles. The smallest absolute Gasteiger partial charge is 0.0724 e. The lowest BCUT2D eigenvalue weighted by molar-refractivity contribution is -0.00528. The highest BCUT2D eigenvalue weighted by molar-refractivity contribution is 4.78. The molecule has 0 amide bonds. The minimum Gasteiger partial charge on any atom is -0.380 e. The molecule has 3 atom stereocenters. The van der Waals surface area contributed by atoms with Crippen molar-refractivity contribution in [3.05, 3.63) is 0 Å². The van der Waals surface area contributed by atoms with Gasteiger partial charge in [-0.25, -0.2) is 0 Å². The Morgan fingerprint density at radius 3 is 2.83 bits per heavy atom. The Bertz CT molecular complexity index is 211. The molecular weight excluding hydrogens is 224 g/mol. The predicted molar refractivity (Wildman–Crippen MR) is 78.0 cm³/mol. The zero-order valence-electron chi connectivity index (χ0n) is 12.7. The van der Waals surface area contributed by atoms with Crippen molar-refractivity contribution in [3.8, 4) is 0 Å². The van der Waals surface area contributed by atoms with Gasteiger partial charge in [0.05, 0.1) is 6.10 Å². The van der Waals surface area contributed by atoms with Gasteiger partial charge in [0, 0.05) is 19.7 Å². The van der Waals surface area contributed by atoms with E-state index in [4.69, 9.17) is 4.74 Å². The highest BCUT2D eigenvalue weighted by atomic mass is 16.5. The molecule has 1 heterocycles. The summed E-state index contributed by atoms with van der Waals surface area (Å²) in [5, 5.41) is 3.47. The van der Waals surface area contributed by atoms with Crippen LogP contribution >= 0.6 is 0 Å². The lowest BCUT2D eigenvalue weighted by Crippen LogP contribution is -2.44. The van der Waals surface area contributed by atoms with Crippen LogP contribution in [0.25, 0.3) is 0 Å². The average Bonchev–Trinajstić information content (AvgIpc) is 2.37. The van der Waals surface area contributed by atoms with Crippen molar-refractivity contribution in [1.29, 1.82) is 0 Å². The van der Waals surface area contributed by atoms with Gasteiger partial charge in [-0.15, -0.1) is 0 Å². The standard InChI is InChI=1S/C15H32N2O/c1-5-16-14(3)8-6-7-10-17-11-9-13(2)15(12-17)18-4/h13-16H,5-12H2,1-4H3. The fourth-order valence-electron chi connectivity index (χ4n) is 2.84. The molecule has 1 saturated heterocycles. The zero-order chi connectivity index (χ0) is 13.4. The quantitative estimate of drug-likeness (QED) is 0.675. The largest absolute Gasteiger partial charge is 0.380 e. The first kappa shape index (κ1) is 15.9. The first-order valence-electron chi connectivity index (χ1n) is 7.65. The summed E-state index contributed by atoms with van der Waals surface area (Å²) in [7, 11) is 1.85. The van der Waals surface area contributed by atoms with Crippen LogP contribution in [0.5, 0.6) is 0 Å². The summed E-state index contributed by atoms with van der Waals surface area (Å²) in [4.78, 5) is 2.58. The second kappa shape index (κ2) is 8.89. The van der Waals surface area contributed by atoms with Crippen LogP contribution in [0.4, 0.5) is 0 Å². The molecule has 1 rings (SSSR count). The Morgan fingerprint density at radius 1 is 1.39 bits per heavy atom. The van der Waals surface area contributed by atoms with Crippen LogP contribution in [0.1, 0.15) is 46.5 Å². The van der Waals surface area contributed by atoms with Gasteiger partial charge in [0.25, 0.3) is 0 Å². The number of likely N-dealkylation sites (tertiary alicyclic amines) is 1. The van der Waals surface area contributed by atoms with E-state index in [0.717, 1.165) is 19.0 Å². The summed E-state index contributed by atoms with van der Waals surface area (Å²) >= 11 is 0. The third kappa shape index (κ3) is 5.68. The normalized spacial score (nSPS) is 27.3. The van der Waals surface area contributed by atoms with Crippen LogP contribution in [-0.2, 0) is 4.74 Å². The number of hydrogen-bond donors (Lipinski definition) is 1. The molecule has 1 fully saturated rings. The van der Waals surface area contributed by atoms with E-state index in [1.807, 2.05) is 7.11 Å². The van der Waals surface area contributed by atoms with Crippen LogP contribution in [-0.4, -0.2) is 50.3 Å². The van der Waals surface area contributed by atoms with Gasteiger partial charge < -0.3 is 15.0 Å². The maximum Gasteiger partial charge on any atom is 0.0724 e. The van der Waals surface area contributed by atoms with Crippen LogP contribution in [0.2, 0.25) is 0 Å². The van der Waals surface area contributed by atoms with Crippen LogP contribution < -0.4 is 5.32 Å². The molecule has 18 heavy (non-hydrogen) atoms. The van der Waals surface area contributed by atoms with Gasteiger partial charge in [0.1, 0.15) is 0 Å². The first-order chi connectivity index (χ1) is 8.67. The van der Waals surface area contributed by atoms with E-state index in [0.29, 0.717) is 12.1 Å². The summed E-state index contributed by atoms with van der Waals surface area (Å²) in [5.41, 5.74) is 0. The molecule has 0 aliphatic carbocycles. The SMILES string of the molecule is CCNC(C)CCCCN1CCC(C)C(OC)C1. The third-order valence-electron chi connectivity index (χ3n) is 4.19. The highest BCUT2D eigenvalue weighted by Gasteiger charge is 2.25. The highest BCUT2D eigenvalue weighted by Crippen LogP contribution is 2.19. The predicted octanol–water partition coefficient (Wildman–Crippen LogP) is 2.51. The minimum atomic E-state index is 0.444. The number of nitrogens with one attached hydrogen (secondary N) is 1. The van der Waals surface area contributed by atoms with E-state index in [1.165, 1.54) is 38.8 Å². The molecular formula is C15H32N2O. The van der Waals surface area contributed by atoms with Crippen molar-refractivity contribution in [3.63, 3.8) is 0 Å². The van der Waals surface area contributed by atoms with Crippen LogP contribution in [0.15, 0.2) is 0 Å². The van der Waals surface area contributed by atoms with Gasteiger partial charge in [-0.1, -0.05) is 20.3 Å². The van der Waals surface area contributed by atoms with Crippen molar-refractivity contribution in [2.24, 2.45) is 5.92 Å². The Kier molecular flexibility index (Phi) is 7.87. The minimum absolute atomic E-state index is 0.444. The van der Waals surface area contributed by atoms with Gasteiger partial charge >= 0.3 is 0 Å². The second-order valence-corrected chi connectivity index (χ2v) is 5.80. The number of nitrogens with zero attached hydrogens (tertiary/aromatic N) is 1. The Labute approximate surface area is 113 Å². The molecule has 0 aromatic rings. The average molecular weight is 256 g/mol. The van der Waals surface area contributed by atoms with E-state index in [9.17, 15) is 0 Å². The number of unbranched alkanes of at least 4 members (excludes halogenated alkanes) is 1. The Morgan fingerprint density at radius 2 is 2.17 bits per heavy atom. The van der Waals surface area contributed by atoms with Crippen molar-refractivity contribution < 1.29 is 4.74 Å². The molecule has 3 nitrogen and oxygen atoms in total. The molecule has 1 aliphatic rings. The Hall–Kier alpha value is -0.120. The molecule has 3 heteroatoms. The van der Waals surface area contributed by atoms with Crippen molar-refractivity contribution in [2.75, 3.05) is 33.3 Å². The summed E-state index contributed by atoms with van der Waals surface area (Å²) in [6.07, 6.45) is 5.68. The molecule has 3 unspecified atom stereocenters. The Balaban J connectivity index is 2.09. The summed E-state index contributed by atoms with van der Waals surface area (Å²) < 4.78 is 5.56. The summed E-state index contributed by atoms with van der Waals surface area (Å²) in [6, 6.07) is 0.670. The van der Waals surface area contributed by atoms with E-state index in [1.54, 1.807) is 0 Å². The molecule has 0 bridgehead atoms.